The molecule has 10 amide bonds. The molecular formula is C68H89N11O16. The average Bonchev–Trinajstić information content (AvgIpc) is 1.77. The molecule has 4 aromatic rings. The number of nitrogens with one attached hydrogen (secondary N) is 7. The van der Waals surface area contributed by atoms with Crippen LogP contribution in [0.25, 0.3) is 0 Å². The fourth-order valence-corrected chi connectivity index (χ4v) is 11.2. The Morgan fingerprint density at radius 3 is 1.06 bits per heavy atom. The first-order valence-corrected chi connectivity index (χ1v) is 31.7. The molecule has 10 atom stereocenters. The summed E-state index contributed by atoms with van der Waals surface area (Å²) in [6.07, 6.45) is 1.15. The average molecular weight is 1320 g/mol. The number of primary amides is 1. The fraction of sp³-hybridized carbons (Fsp3) is 0.456. The van der Waals surface area contributed by atoms with Gasteiger partial charge in [-0.2, -0.15) is 0 Å². The van der Waals surface area contributed by atoms with Crippen molar-refractivity contribution >= 4 is 77.0 Å². The molecule has 0 aliphatic carbocycles. The number of carbonyl (C=O) groups excluding carboxylic acids is 10. The second-order valence-corrected chi connectivity index (χ2v) is 24.6. The predicted octanol–water partition coefficient (Wildman–Crippen LogP) is 1.28. The number of carboxylic acid groups (broad SMARTS) is 3. The zero-order valence-corrected chi connectivity index (χ0v) is 54.1. The number of nitrogens with two attached hydrogens (primary N) is 2. The number of hydrogen-bond donors (Lipinski definition) is 12. The molecule has 27 heteroatoms. The van der Waals surface area contributed by atoms with E-state index in [9.17, 15) is 72.5 Å². The zero-order valence-electron chi connectivity index (χ0n) is 54.1. The number of carboxylic acids is 3. The molecule has 6 rings (SSSR count). The maximum absolute atomic E-state index is 13.9. The highest BCUT2D eigenvalue weighted by Gasteiger charge is 2.41. The molecule has 2 heterocycles. The Balaban J connectivity index is 0.000000345. The van der Waals surface area contributed by atoms with Gasteiger partial charge in [-0.15, -0.1) is 0 Å². The highest BCUT2D eigenvalue weighted by Crippen LogP contribution is 2.23. The normalized spacial score (nSPS) is 16.7. The quantitative estimate of drug-likeness (QED) is 0.0320. The number of likely N-dealkylation sites (tertiary alicyclic amines) is 2. The molecule has 0 aromatic heterocycles. The van der Waals surface area contributed by atoms with Crippen molar-refractivity contribution in [1.82, 2.24) is 47.0 Å². The minimum absolute atomic E-state index is 0.0196. The van der Waals surface area contributed by atoms with Crippen molar-refractivity contribution in [3.63, 3.8) is 0 Å². The second-order valence-electron chi connectivity index (χ2n) is 24.6. The van der Waals surface area contributed by atoms with Crippen LogP contribution in [-0.2, 0) is 88.0 Å². The maximum atomic E-state index is 13.9. The van der Waals surface area contributed by atoms with E-state index < -0.39 is 133 Å². The molecule has 27 nitrogen and oxygen atoms in total. The zero-order chi connectivity index (χ0) is 69.9. The number of rotatable bonds is 33. The van der Waals surface area contributed by atoms with Gasteiger partial charge in [-0.05, 0) is 72.6 Å². The Kier molecular flexibility index (Phi) is 29.9. The molecule has 14 N–H and O–H groups in total. The van der Waals surface area contributed by atoms with E-state index in [1.807, 2.05) is 27.7 Å². The Morgan fingerprint density at radius 1 is 0.432 bits per heavy atom. The summed E-state index contributed by atoms with van der Waals surface area (Å²) in [5, 5.41) is 45.9. The summed E-state index contributed by atoms with van der Waals surface area (Å²) in [6, 6.07) is 23.7. The minimum Gasteiger partial charge on any atom is -0.481 e. The van der Waals surface area contributed by atoms with Gasteiger partial charge in [-0.3, -0.25) is 57.5 Å². The Hall–Kier alpha value is -10.1. The van der Waals surface area contributed by atoms with E-state index in [0.29, 0.717) is 68.3 Å². The largest absolute Gasteiger partial charge is 0.481 e. The van der Waals surface area contributed by atoms with Crippen LogP contribution >= 0.6 is 0 Å². The molecule has 0 unspecified atom stereocenters. The third-order valence-corrected chi connectivity index (χ3v) is 15.8. The third-order valence-electron chi connectivity index (χ3n) is 15.8. The van der Waals surface area contributed by atoms with Gasteiger partial charge in [0.2, 0.25) is 59.1 Å². The van der Waals surface area contributed by atoms with Crippen LogP contribution in [0.5, 0.6) is 0 Å². The maximum Gasteiger partial charge on any atom is 0.326 e. The lowest BCUT2D eigenvalue weighted by molar-refractivity contribution is -0.147. The van der Waals surface area contributed by atoms with Gasteiger partial charge in [-0.1, -0.05) is 149 Å². The van der Waals surface area contributed by atoms with Crippen LogP contribution in [0.15, 0.2) is 121 Å². The molecule has 2 aliphatic heterocycles. The standard InChI is InChI=1S/C35H46N6O8.C33H43N5O8/c1-21(2)17-28(37-22(3)42)35(49)41-16-10-15-29(41)34(48)40-27(19-24-13-8-5-9-14-24)33(47)39-26(18-23-11-6-4-7-12-23)32(46)38-25(31(36)45)20-30(43)44;1-20(2)16-23(34)32(44)38-15-9-14-27(38)31(43)36-25(18-22-12-7-4-8-13-22)29(41)35-24(17-21-10-5-3-6-11-21)30(42)37-26(33(45)46)19-28(39)40/h4-9,11-14,21,25-29H,10,15-20H2,1-3H3,(H2,36,45)(H,37,42)(H,38,46)(H,39,47)(H,40,48)(H,43,44);3-8,10-13,20,23-27H,9,14-19,34H2,1-2H3,(H,35,41)(H,36,43)(H,37,42)(H,39,40)(H,45,46)/t25-,26+,27+,28+,29+;23-,24-,25-,26+,27-/m10/s1. The molecule has 4 aromatic carbocycles. The van der Waals surface area contributed by atoms with Crippen molar-refractivity contribution in [3.05, 3.63) is 144 Å². The first kappa shape index (κ1) is 75.7. The van der Waals surface area contributed by atoms with Crippen LogP contribution in [0.4, 0.5) is 0 Å². The molecule has 0 bridgehead atoms. The summed E-state index contributed by atoms with van der Waals surface area (Å²) in [5.41, 5.74) is 14.2. The minimum atomic E-state index is -1.73. The summed E-state index contributed by atoms with van der Waals surface area (Å²) in [5.74, 6) is -10.4. The van der Waals surface area contributed by atoms with Crippen molar-refractivity contribution in [3.8, 4) is 0 Å². The summed E-state index contributed by atoms with van der Waals surface area (Å²) in [4.78, 5) is 169. The molecule has 2 fully saturated rings. The van der Waals surface area contributed by atoms with Crippen molar-refractivity contribution in [2.24, 2.45) is 23.3 Å². The van der Waals surface area contributed by atoms with E-state index >= 15 is 0 Å². The van der Waals surface area contributed by atoms with Crippen molar-refractivity contribution in [2.45, 2.75) is 172 Å². The Bertz CT molecular complexity index is 3290. The number of aliphatic carboxylic acids is 3. The highest BCUT2D eigenvalue weighted by atomic mass is 16.4. The number of amides is 10. The number of nitrogens with zero attached hydrogens (tertiary/aromatic N) is 2. The van der Waals surface area contributed by atoms with Gasteiger partial charge < -0.3 is 73.8 Å². The van der Waals surface area contributed by atoms with Gasteiger partial charge in [-0.25, -0.2) is 4.79 Å². The van der Waals surface area contributed by atoms with E-state index in [-0.39, 0.29) is 55.2 Å². The lowest BCUT2D eigenvalue weighted by Crippen LogP contribution is -2.59. The van der Waals surface area contributed by atoms with E-state index in [0.717, 1.165) is 5.56 Å². The Morgan fingerprint density at radius 2 is 0.747 bits per heavy atom. The van der Waals surface area contributed by atoms with E-state index in [1.54, 1.807) is 121 Å². The summed E-state index contributed by atoms with van der Waals surface area (Å²) >= 11 is 0. The van der Waals surface area contributed by atoms with Crippen molar-refractivity contribution in [1.29, 1.82) is 0 Å². The van der Waals surface area contributed by atoms with Crippen LogP contribution in [0.2, 0.25) is 0 Å². The van der Waals surface area contributed by atoms with Crippen LogP contribution in [0.3, 0.4) is 0 Å². The first-order chi connectivity index (χ1) is 45.1. The van der Waals surface area contributed by atoms with Gasteiger partial charge in [0.1, 0.15) is 54.4 Å². The molecule has 95 heavy (non-hydrogen) atoms. The molecular weight excluding hydrogens is 1230 g/mol. The number of carbonyl (C=O) groups is 13. The topological polar surface area (TPSA) is 425 Å². The van der Waals surface area contributed by atoms with Crippen LogP contribution in [0.1, 0.15) is 108 Å². The molecule has 0 radical (unpaired) electrons. The molecule has 0 spiro atoms. The predicted molar refractivity (Wildman–Crippen MR) is 347 cm³/mol. The highest BCUT2D eigenvalue weighted by molar-refractivity contribution is 5.98. The summed E-state index contributed by atoms with van der Waals surface area (Å²) in [6.45, 7) is 9.74. The van der Waals surface area contributed by atoms with Crippen molar-refractivity contribution in [2.75, 3.05) is 13.1 Å². The lowest BCUT2D eigenvalue weighted by Gasteiger charge is -2.30. The smallest absolute Gasteiger partial charge is 0.326 e. The summed E-state index contributed by atoms with van der Waals surface area (Å²) in [7, 11) is 0. The van der Waals surface area contributed by atoms with E-state index in [2.05, 4.69) is 37.2 Å². The Labute approximate surface area is 551 Å². The number of hydrogen-bond acceptors (Lipinski definition) is 14. The summed E-state index contributed by atoms with van der Waals surface area (Å²) < 4.78 is 0. The third kappa shape index (κ3) is 25.1. The monoisotopic (exact) mass is 1320 g/mol. The number of benzene rings is 4. The second kappa shape index (κ2) is 37.6. The molecule has 512 valence electrons. The molecule has 0 saturated carbocycles. The molecule has 2 saturated heterocycles. The SMILES string of the molecule is CC(=O)N[C@@H](CC(C)C)C(=O)N1CCC[C@H]1C(=O)N[C@@H](Cc1ccccc1)C(=O)N[C@@H](Cc1ccccc1)C(=O)N[C@H](CC(=O)O)C(N)=O.CC(C)C[C@H](N)C(=O)N1CCC[C@H]1C(=O)N[C@@H](Cc1ccccc1)C(=O)N[C@@H](Cc1ccccc1)C(=O)N[C@H](CC(=O)O)C(=O)O. The lowest BCUT2D eigenvalue weighted by atomic mass is 10.0. The van der Waals surface area contributed by atoms with Crippen molar-refractivity contribution < 1.29 is 77.6 Å². The van der Waals surface area contributed by atoms with E-state index in [1.165, 1.54) is 16.7 Å². The van der Waals surface area contributed by atoms with Crippen LogP contribution in [0, 0.1) is 11.8 Å². The van der Waals surface area contributed by atoms with Gasteiger partial charge in [0.05, 0.1) is 18.9 Å². The van der Waals surface area contributed by atoms with Crippen LogP contribution < -0.4 is 48.7 Å². The van der Waals surface area contributed by atoms with Gasteiger partial charge in [0, 0.05) is 45.7 Å². The van der Waals surface area contributed by atoms with Gasteiger partial charge >= 0.3 is 17.9 Å². The van der Waals surface area contributed by atoms with Gasteiger partial charge in [0.15, 0.2) is 0 Å². The van der Waals surface area contributed by atoms with Gasteiger partial charge in [0.25, 0.3) is 0 Å². The van der Waals surface area contributed by atoms with Crippen LogP contribution in [-0.4, -0.2) is 176 Å². The molecule has 2 aliphatic rings. The fourth-order valence-electron chi connectivity index (χ4n) is 11.2. The first-order valence-electron chi connectivity index (χ1n) is 31.7. The van der Waals surface area contributed by atoms with E-state index in [4.69, 9.17) is 16.6 Å².